The van der Waals surface area contributed by atoms with Gasteiger partial charge in [0.25, 0.3) is 0 Å². The van der Waals surface area contributed by atoms with Gasteiger partial charge in [-0.3, -0.25) is 0 Å². The number of benzene rings is 10. The van der Waals surface area contributed by atoms with Gasteiger partial charge in [-0.15, -0.1) is 0 Å². The quantitative estimate of drug-likeness (QED) is 0.166. The second kappa shape index (κ2) is 14.4. The second-order valence-electron chi connectivity index (χ2n) is 21.5. The first-order valence-electron chi connectivity index (χ1n) is 25.8. The minimum Gasteiger partial charge on any atom is -0.309 e. The van der Waals surface area contributed by atoms with Crippen LogP contribution in [-0.4, -0.2) is 0 Å². The summed E-state index contributed by atoms with van der Waals surface area (Å²) < 4.78 is 0. The Kier molecular flexibility index (Phi) is 8.06. The van der Waals surface area contributed by atoms with Gasteiger partial charge in [0.15, 0.2) is 0 Å². The van der Waals surface area contributed by atoms with Crippen LogP contribution in [0.3, 0.4) is 0 Å². The number of anilines is 3. The molecule has 0 N–H and O–H groups in total. The van der Waals surface area contributed by atoms with Gasteiger partial charge in [0.1, 0.15) is 0 Å². The summed E-state index contributed by atoms with van der Waals surface area (Å²) >= 11 is 0. The molecule has 2 spiro atoms. The molecule has 4 fully saturated rings. The Bertz CT molecular complexity index is 3790. The molecule has 0 heterocycles. The lowest BCUT2D eigenvalue weighted by molar-refractivity contribution is -0.0399. The highest BCUT2D eigenvalue weighted by Crippen LogP contribution is 2.70. The summed E-state index contributed by atoms with van der Waals surface area (Å²) in [6.07, 6.45) is 6.98. The molecule has 10 aromatic carbocycles. The molecular weight excluding hydrogens is 843 g/mol. The molecule has 70 heavy (non-hydrogen) atoms. The maximum atomic E-state index is 2.63. The van der Waals surface area contributed by atoms with E-state index in [2.05, 4.69) is 229 Å². The van der Waals surface area contributed by atoms with Crippen molar-refractivity contribution in [2.75, 3.05) is 4.90 Å². The zero-order chi connectivity index (χ0) is 45.7. The molecular formula is C69H51N. The highest BCUT2D eigenvalue weighted by atomic mass is 15.1. The van der Waals surface area contributed by atoms with E-state index in [1.165, 1.54) is 138 Å². The van der Waals surface area contributed by atoms with Gasteiger partial charge in [0.05, 0.1) is 16.8 Å². The normalized spacial score (nSPS) is 23.3. The summed E-state index contributed by atoms with van der Waals surface area (Å²) in [6.45, 7) is 0. The van der Waals surface area contributed by atoms with E-state index in [-0.39, 0.29) is 5.41 Å². The van der Waals surface area contributed by atoms with Gasteiger partial charge in [-0.25, -0.2) is 0 Å². The third-order valence-electron chi connectivity index (χ3n) is 18.4. The Balaban J connectivity index is 0.955. The van der Waals surface area contributed by atoms with E-state index in [9.17, 15) is 0 Å². The van der Waals surface area contributed by atoms with Crippen molar-refractivity contribution in [3.05, 3.63) is 258 Å². The molecule has 7 aliphatic carbocycles. The fourth-order valence-electron chi connectivity index (χ4n) is 16.1. The molecule has 332 valence electrons. The molecule has 0 aliphatic heterocycles. The minimum atomic E-state index is -0.520. The largest absolute Gasteiger partial charge is 0.309 e. The number of hydrogen-bond acceptors (Lipinski definition) is 1. The second-order valence-corrected chi connectivity index (χ2v) is 21.5. The van der Waals surface area contributed by atoms with Crippen LogP contribution >= 0.6 is 0 Å². The monoisotopic (exact) mass is 893 g/mol. The molecule has 7 aliphatic rings. The number of hydrogen-bond donors (Lipinski definition) is 0. The van der Waals surface area contributed by atoms with Crippen LogP contribution in [0.15, 0.2) is 224 Å². The zero-order valence-electron chi connectivity index (χ0n) is 39.2. The molecule has 0 aromatic heterocycles. The fraction of sp³-hybridized carbons (Fsp3) is 0.159. The van der Waals surface area contributed by atoms with Gasteiger partial charge in [-0.1, -0.05) is 188 Å². The lowest BCUT2D eigenvalue weighted by Gasteiger charge is -2.61. The van der Waals surface area contributed by atoms with Gasteiger partial charge < -0.3 is 4.90 Å². The van der Waals surface area contributed by atoms with Crippen molar-refractivity contribution in [2.45, 2.75) is 42.9 Å². The molecule has 0 saturated heterocycles. The molecule has 0 amide bonds. The van der Waals surface area contributed by atoms with E-state index >= 15 is 0 Å². The molecule has 1 heteroatoms. The van der Waals surface area contributed by atoms with Crippen molar-refractivity contribution in [2.24, 2.45) is 23.7 Å². The first-order valence-corrected chi connectivity index (χ1v) is 25.8. The smallest absolute Gasteiger partial charge is 0.0726 e. The molecule has 1 atom stereocenters. The van der Waals surface area contributed by atoms with Crippen LogP contribution in [0.5, 0.6) is 0 Å². The van der Waals surface area contributed by atoms with E-state index in [4.69, 9.17) is 0 Å². The Hall–Kier alpha value is -7.74. The Morgan fingerprint density at radius 2 is 0.871 bits per heavy atom. The fourth-order valence-corrected chi connectivity index (χ4v) is 16.1. The summed E-state index contributed by atoms with van der Waals surface area (Å²) in [5.74, 6) is 3.25. The van der Waals surface area contributed by atoms with E-state index in [1.54, 1.807) is 11.1 Å². The number of fused-ring (bicyclic) bond motifs is 14. The molecule has 0 radical (unpaired) electrons. The van der Waals surface area contributed by atoms with Crippen LogP contribution in [0.1, 0.15) is 65.5 Å². The van der Waals surface area contributed by atoms with Gasteiger partial charge >= 0.3 is 0 Å². The average molecular weight is 894 g/mol. The lowest BCUT2D eigenvalue weighted by atomic mass is 9.43. The van der Waals surface area contributed by atoms with E-state index in [0.717, 1.165) is 23.7 Å². The standard InChI is InChI=1S/C69H51N/c1-2-16-46(17-3-1)53-19-9-13-27-65(53)70(52-32-34-62-58(42-52)55-21-7-10-23-59(55)68(62)50-36-43-35-44(38-50)39-51(68)37-43)66-28-14-26-63-67(66)57-22-8-12-25-61(57)69(63)60-24-11-6-20-54(60)56-33-31-49(41-64(56)69)48-30-29-45-15-4-5-18-47(45)40-48/h1-34,40-44,50-51H,35-39H2. The van der Waals surface area contributed by atoms with Crippen LogP contribution in [-0.2, 0) is 10.8 Å². The van der Waals surface area contributed by atoms with Crippen molar-refractivity contribution in [1.82, 2.24) is 0 Å². The first-order chi connectivity index (χ1) is 34.7. The molecule has 10 aromatic rings. The van der Waals surface area contributed by atoms with E-state index in [0.29, 0.717) is 0 Å². The van der Waals surface area contributed by atoms with Crippen LogP contribution < -0.4 is 4.90 Å². The van der Waals surface area contributed by atoms with Gasteiger partial charge in [-0.05, 0) is 181 Å². The highest BCUT2D eigenvalue weighted by molar-refractivity contribution is 6.03. The first kappa shape index (κ1) is 39.1. The third-order valence-corrected chi connectivity index (χ3v) is 18.4. The van der Waals surface area contributed by atoms with Crippen molar-refractivity contribution in [1.29, 1.82) is 0 Å². The van der Waals surface area contributed by atoms with E-state index < -0.39 is 5.41 Å². The highest BCUT2D eigenvalue weighted by Gasteiger charge is 2.61. The molecule has 1 unspecified atom stereocenters. The number of rotatable bonds is 5. The summed E-state index contributed by atoms with van der Waals surface area (Å²) in [7, 11) is 0. The Morgan fingerprint density at radius 3 is 1.66 bits per heavy atom. The zero-order valence-corrected chi connectivity index (χ0v) is 39.2. The van der Waals surface area contributed by atoms with Crippen LogP contribution in [0, 0.1) is 23.7 Å². The molecule has 4 saturated carbocycles. The minimum absolute atomic E-state index is 0.110. The number of para-hydroxylation sites is 1. The van der Waals surface area contributed by atoms with Crippen molar-refractivity contribution in [3.8, 4) is 55.6 Å². The van der Waals surface area contributed by atoms with Crippen LogP contribution in [0.25, 0.3) is 66.4 Å². The predicted molar refractivity (Wildman–Crippen MR) is 289 cm³/mol. The summed E-state index contributed by atoms with van der Waals surface area (Å²) in [6, 6.07) is 86.1. The van der Waals surface area contributed by atoms with Crippen LogP contribution in [0.4, 0.5) is 17.1 Å². The maximum Gasteiger partial charge on any atom is 0.0726 e. The topological polar surface area (TPSA) is 3.24 Å². The lowest BCUT2D eigenvalue weighted by Crippen LogP contribution is -2.55. The molecule has 1 nitrogen and oxygen atoms in total. The van der Waals surface area contributed by atoms with Gasteiger partial charge in [-0.2, -0.15) is 0 Å². The van der Waals surface area contributed by atoms with Crippen molar-refractivity contribution in [3.63, 3.8) is 0 Å². The molecule has 4 bridgehead atoms. The summed E-state index contributed by atoms with van der Waals surface area (Å²) in [5.41, 5.74) is 24.8. The van der Waals surface area contributed by atoms with Crippen molar-refractivity contribution < 1.29 is 0 Å². The Morgan fingerprint density at radius 1 is 0.314 bits per heavy atom. The number of nitrogens with zero attached hydrogens (tertiary/aromatic N) is 1. The third kappa shape index (κ3) is 5.07. The SMILES string of the molecule is c1ccc(-c2ccccc2N(c2ccc3c(c2)-c2ccccc2C32C3CC4CC(C3)CC2C4)c2cccc3c2-c2ccccc2C32c3ccccc3-c3ccc(-c4ccc5ccccc5c4)cc32)cc1. The Labute approximate surface area is 410 Å². The summed E-state index contributed by atoms with van der Waals surface area (Å²) in [5, 5.41) is 2.53. The van der Waals surface area contributed by atoms with Crippen molar-refractivity contribution >= 4 is 27.8 Å². The predicted octanol–water partition coefficient (Wildman–Crippen LogP) is 17.7. The van der Waals surface area contributed by atoms with Crippen LogP contribution in [0.2, 0.25) is 0 Å². The maximum absolute atomic E-state index is 2.63. The van der Waals surface area contributed by atoms with Gasteiger partial charge in [0.2, 0.25) is 0 Å². The average Bonchev–Trinajstić information content (AvgIpc) is 4.00. The van der Waals surface area contributed by atoms with E-state index in [1.807, 2.05) is 0 Å². The molecule has 17 rings (SSSR count). The van der Waals surface area contributed by atoms with Gasteiger partial charge in [0, 0.05) is 22.2 Å². The summed E-state index contributed by atoms with van der Waals surface area (Å²) in [4.78, 5) is 2.63.